The van der Waals surface area contributed by atoms with E-state index in [1.54, 1.807) is 24.5 Å². The molecular weight excluding hydrogens is 446 g/mol. The van der Waals surface area contributed by atoms with Crippen LogP contribution >= 0.6 is 11.6 Å². The minimum Gasteiger partial charge on any atom is -0.342 e. The molecule has 5 nitrogen and oxygen atoms in total. The van der Waals surface area contributed by atoms with E-state index < -0.39 is 0 Å². The van der Waals surface area contributed by atoms with Crippen LogP contribution in [0.4, 0.5) is 0 Å². The molecule has 0 spiro atoms. The highest BCUT2D eigenvalue weighted by Gasteiger charge is 2.27. The van der Waals surface area contributed by atoms with Crippen molar-refractivity contribution < 1.29 is 14.7 Å². The molecule has 1 N–H and O–H groups in total. The molecule has 1 aromatic carbocycles. The van der Waals surface area contributed by atoms with Crippen molar-refractivity contribution in [1.29, 1.82) is 0 Å². The summed E-state index contributed by atoms with van der Waals surface area (Å²) in [7, 11) is 0. The summed E-state index contributed by atoms with van der Waals surface area (Å²) >= 11 is 6.36. The molecule has 1 saturated heterocycles. The topological polar surface area (TPSA) is 57.3 Å². The molecule has 0 bridgehead atoms. The number of hydrogen-bond donors (Lipinski definition) is 1. The lowest BCUT2D eigenvalue weighted by molar-refractivity contribution is -0.904. The Morgan fingerprint density at radius 2 is 1.76 bits per heavy atom. The summed E-state index contributed by atoms with van der Waals surface area (Å²) in [4.78, 5) is 19.8. The van der Waals surface area contributed by atoms with E-state index in [-0.39, 0.29) is 5.91 Å². The first-order chi connectivity index (χ1) is 16.5. The Kier molecular flexibility index (Phi) is 6.38. The van der Waals surface area contributed by atoms with Gasteiger partial charge < -0.3 is 4.90 Å². The third kappa shape index (κ3) is 4.58. The van der Waals surface area contributed by atoms with Crippen molar-refractivity contribution in [3.05, 3.63) is 99.1 Å². The second kappa shape index (κ2) is 9.59. The number of aromatic nitrogens is 2. The molecule has 1 fully saturated rings. The van der Waals surface area contributed by atoms with Crippen molar-refractivity contribution in [2.45, 2.75) is 45.4 Å². The van der Waals surface area contributed by atoms with Gasteiger partial charge in [-0.2, -0.15) is 0 Å². The lowest BCUT2D eigenvalue weighted by atomic mass is 9.88. The molecule has 1 aliphatic heterocycles. The highest BCUT2D eigenvalue weighted by atomic mass is 35.5. The summed E-state index contributed by atoms with van der Waals surface area (Å²) in [6.45, 7) is 3.57. The second-order valence-electron chi connectivity index (χ2n) is 9.13. The molecule has 0 saturated carbocycles. The maximum Gasteiger partial charge on any atom is 0.227 e. The van der Waals surface area contributed by atoms with E-state index >= 15 is 0 Å². The van der Waals surface area contributed by atoms with Gasteiger partial charge in [-0.25, -0.2) is 0 Å². The van der Waals surface area contributed by atoms with Crippen LogP contribution in [0.5, 0.6) is 0 Å². The number of nitrogens with zero attached hydrogens (tertiary/aromatic N) is 3. The van der Waals surface area contributed by atoms with Gasteiger partial charge in [0.25, 0.3) is 0 Å². The van der Waals surface area contributed by atoms with E-state index in [0.29, 0.717) is 19.5 Å². The number of pyridine rings is 2. The molecule has 3 aromatic rings. The average molecular weight is 475 g/mol. The van der Waals surface area contributed by atoms with Crippen LogP contribution in [0.3, 0.4) is 0 Å². The molecule has 174 valence electrons. The number of benzene rings is 1. The SMILES string of the molecule is CCc1cnc2c(c1)CCc1cc(Cl)ccc1C2=C1CCN(C(=O)Cc2cc[n+](O)cc2)CC1. The van der Waals surface area contributed by atoms with Crippen LogP contribution in [0, 0.1) is 0 Å². The Hall–Kier alpha value is -3.18. The number of likely N-dealkylation sites (tertiary alicyclic amines) is 1. The maximum absolute atomic E-state index is 12.9. The zero-order valence-electron chi connectivity index (χ0n) is 19.4. The van der Waals surface area contributed by atoms with E-state index in [9.17, 15) is 10.0 Å². The minimum absolute atomic E-state index is 0.124. The van der Waals surface area contributed by atoms with Crippen molar-refractivity contribution in [3.63, 3.8) is 0 Å². The van der Waals surface area contributed by atoms with Gasteiger partial charge in [0.05, 0.1) is 12.1 Å². The molecule has 0 radical (unpaired) electrons. The van der Waals surface area contributed by atoms with Crippen molar-refractivity contribution in [1.82, 2.24) is 9.88 Å². The largest absolute Gasteiger partial charge is 0.342 e. The van der Waals surface area contributed by atoms with Crippen LogP contribution in [-0.4, -0.2) is 34.1 Å². The summed E-state index contributed by atoms with van der Waals surface area (Å²) in [5.74, 6) is 0.124. The van der Waals surface area contributed by atoms with Crippen LogP contribution in [0.15, 0.2) is 60.6 Å². The van der Waals surface area contributed by atoms with Gasteiger partial charge in [0.1, 0.15) is 0 Å². The number of rotatable bonds is 3. The van der Waals surface area contributed by atoms with E-state index in [1.165, 1.54) is 33.4 Å². The van der Waals surface area contributed by atoms with Crippen LogP contribution in [0.2, 0.25) is 5.02 Å². The molecular formula is C28H29ClN3O2+. The van der Waals surface area contributed by atoms with Gasteiger partial charge in [0, 0.05) is 46.7 Å². The van der Waals surface area contributed by atoms with Crippen LogP contribution in [0.25, 0.3) is 5.57 Å². The van der Waals surface area contributed by atoms with Crippen LogP contribution in [0.1, 0.15) is 53.3 Å². The Balaban J connectivity index is 1.44. The van der Waals surface area contributed by atoms with Gasteiger partial charge in [0.15, 0.2) is 0 Å². The fourth-order valence-electron chi connectivity index (χ4n) is 5.07. The molecule has 2 aromatic heterocycles. The number of piperidine rings is 1. The summed E-state index contributed by atoms with van der Waals surface area (Å²) in [6, 6.07) is 12.1. The number of amides is 1. The standard InChI is InChI=1S/C28H29ClN3O2/c1-2-19-15-23-4-3-22-17-24(29)5-6-25(22)27(28(23)30-18-19)21-9-11-31(12-10-21)26(33)16-20-7-13-32(34)14-8-20/h5-8,13-15,17-18,34H,2-4,9-12,16H2,1H3/q+1. The fraction of sp³-hybridized carbons (Fsp3) is 0.321. The predicted octanol–water partition coefficient (Wildman–Crippen LogP) is 4.59. The highest BCUT2D eigenvalue weighted by Crippen LogP contribution is 2.38. The van der Waals surface area contributed by atoms with Crippen LogP contribution in [-0.2, 0) is 30.5 Å². The zero-order chi connectivity index (χ0) is 23.7. The predicted molar refractivity (Wildman–Crippen MR) is 132 cm³/mol. The second-order valence-corrected chi connectivity index (χ2v) is 9.57. The van der Waals surface area contributed by atoms with Crippen LogP contribution < -0.4 is 4.73 Å². The van der Waals surface area contributed by atoms with Gasteiger partial charge >= 0.3 is 0 Å². The zero-order valence-corrected chi connectivity index (χ0v) is 20.2. The lowest BCUT2D eigenvalue weighted by Crippen LogP contribution is -2.37. The Morgan fingerprint density at radius 3 is 2.50 bits per heavy atom. The van der Waals surface area contributed by atoms with Crippen molar-refractivity contribution in [2.24, 2.45) is 0 Å². The Bertz CT molecular complexity index is 1260. The minimum atomic E-state index is 0.124. The normalized spacial score (nSPS) is 15.5. The number of carbonyl (C=O) groups is 1. The lowest BCUT2D eigenvalue weighted by Gasteiger charge is -2.30. The molecule has 1 amide bonds. The smallest absolute Gasteiger partial charge is 0.227 e. The van der Waals surface area contributed by atoms with Gasteiger partial charge in [-0.05, 0) is 72.1 Å². The molecule has 1 aliphatic carbocycles. The number of hydrogen-bond acceptors (Lipinski definition) is 3. The molecule has 34 heavy (non-hydrogen) atoms. The quantitative estimate of drug-likeness (QED) is 0.446. The van der Waals surface area contributed by atoms with Gasteiger partial charge in [0.2, 0.25) is 18.3 Å². The molecule has 0 unspecified atom stereocenters. The first-order valence-corrected chi connectivity index (χ1v) is 12.4. The van der Waals surface area contributed by atoms with Gasteiger partial charge in [-0.3, -0.25) is 15.0 Å². The van der Waals surface area contributed by atoms with Gasteiger partial charge in [-0.15, -0.1) is 0 Å². The fourth-order valence-corrected chi connectivity index (χ4v) is 5.26. The maximum atomic E-state index is 12.9. The number of aryl methyl sites for hydroxylation is 3. The van der Waals surface area contributed by atoms with E-state index in [1.807, 2.05) is 17.2 Å². The van der Waals surface area contributed by atoms with E-state index in [4.69, 9.17) is 16.6 Å². The van der Waals surface area contributed by atoms with Gasteiger partial charge in [-0.1, -0.05) is 36.2 Å². The first-order valence-electron chi connectivity index (χ1n) is 12.0. The Labute approximate surface area is 205 Å². The number of halogens is 1. The highest BCUT2D eigenvalue weighted by molar-refractivity contribution is 6.30. The van der Waals surface area contributed by atoms with Crippen molar-refractivity contribution in [3.8, 4) is 0 Å². The third-order valence-electron chi connectivity index (χ3n) is 6.98. The molecule has 3 heterocycles. The number of carbonyl (C=O) groups excluding carboxylic acids is 1. The van der Waals surface area contributed by atoms with Crippen molar-refractivity contribution >= 4 is 23.1 Å². The van der Waals surface area contributed by atoms with E-state index in [2.05, 4.69) is 25.1 Å². The molecule has 0 atom stereocenters. The summed E-state index contributed by atoms with van der Waals surface area (Å²) in [5.41, 5.74) is 9.68. The molecule has 2 aliphatic rings. The Morgan fingerprint density at radius 1 is 1.03 bits per heavy atom. The summed E-state index contributed by atoms with van der Waals surface area (Å²) in [6.07, 6.45) is 10.0. The number of fused-ring (bicyclic) bond motifs is 2. The average Bonchev–Trinajstić information content (AvgIpc) is 3.01. The van der Waals surface area contributed by atoms with E-state index in [0.717, 1.165) is 53.1 Å². The molecule has 5 rings (SSSR count). The van der Waals surface area contributed by atoms with Crippen molar-refractivity contribution in [2.75, 3.05) is 13.1 Å². The monoisotopic (exact) mass is 474 g/mol. The summed E-state index contributed by atoms with van der Waals surface area (Å²) < 4.78 is 0.987. The third-order valence-corrected chi connectivity index (χ3v) is 7.22. The summed E-state index contributed by atoms with van der Waals surface area (Å²) in [5, 5.41) is 10.2. The molecule has 6 heteroatoms. The first kappa shape index (κ1) is 22.6.